The molecular weight excluding hydrogens is 312 g/mol. The smallest absolute Gasteiger partial charge is 0.196 e. The predicted molar refractivity (Wildman–Crippen MR) is 91.4 cm³/mol. The van der Waals surface area contributed by atoms with Crippen molar-refractivity contribution in [1.82, 2.24) is 0 Å². The van der Waals surface area contributed by atoms with Crippen LogP contribution >= 0.6 is 0 Å². The lowest BCUT2D eigenvalue weighted by Crippen LogP contribution is -2.53. The van der Waals surface area contributed by atoms with Gasteiger partial charge in [-0.2, -0.15) is 10.5 Å². The third-order valence-electron chi connectivity index (χ3n) is 6.19. The van der Waals surface area contributed by atoms with Gasteiger partial charge in [0.05, 0.1) is 16.6 Å². The number of hydrogen-bond donors (Lipinski definition) is 0. The zero-order valence-electron chi connectivity index (χ0n) is 14.5. The van der Waals surface area contributed by atoms with Gasteiger partial charge in [-0.15, -0.1) is 6.42 Å². The monoisotopic (exact) mass is 330 g/mol. The molecule has 25 heavy (non-hydrogen) atoms. The van der Waals surface area contributed by atoms with Gasteiger partial charge in [0.1, 0.15) is 12.1 Å². The van der Waals surface area contributed by atoms with Gasteiger partial charge in [0.25, 0.3) is 0 Å². The number of fused-ring (bicyclic) bond motifs is 3. The van der Waals surface area contributed by atoms with E-state index in [0.29, 0.717) is 12.8 Å². The first-order chi connectivity index (χ1) is 11.7. The van der Waals surface area contributed by atoms with Crippen LogP contribution in [0.2, 0.25) is 0 Å². The van der Waals surface area contributed by atoms with Crippen LogP contribution in [-0.2, 0) is 9.59 Å². The van der Waals surface area contributed by atoms with E-state index in [-0.39, 0.29) is 28.6 Å². The second kappa shape index (κ2) is 5.05. The first kappa shape index (κ1) is 16.9. The molecule has 4 nitrogen and oxygen atoms in total. The number of allylic oxidation sites excluding steroid dienone is 6. The third-order valence-corrected chi connectivity index (χ3v) is 6.19. The fourth-order valence-corrected chi connectivity index (χ4v) is 4.96. The Morgan fingerprint density at radius 3 is 2.32 bits per heavy atom. The van der Waals surface area contributed by atoms with Crippen LogP contribution in [0.5, 0.6) is 0 Å². The highest BCUT2D eigenvalue weighted by Crippen LogP contribution is 2.63. The van der Waals surface area contributed by atoms with Crippen LogP contribution in [0.15, 0.2) is 34.9 Å². The Balaban J connectivity index is 2.31. The average molecular weight is 330 g/mol. The van der Waals surface area contributed by atoms with Crippen LogP contribution in [0, 0.1) is 57.2 Å². The van der Waals surface area contributed by atoms with Crippen LogP contribution in [0.25, 0.3) is 0 Å². The highest BCUT2D eigenvalue weighted by molar-refractivity contribution is 6.09. The molecule has 124 valence electrons. The molecule has 3 atom stereocenters. The van der Waals surface area contributed by atoms with Gasteiger partial charge in [-0.1, -0.05) is 32.8 Å². The van der Waals surface area contributed by atoms with E-state index in [9.17, 15) is 20.1 Å². The first-order valence-electron chi connectivity index (χ1n) is 8.22. The molecule has 0 aliphatic heterocycles. The van der Waals surface area contributed by atoms with Crippen molar-refractivity contribution >= 4 is 11.6 Å². The highest BCUT2D eigenvalue weighted by atomic mass is 16.1. The van der Waals surface area contributed by atoms with Crippen LogP contribution < -0.4 is 0 Å². The average Bonchev–Trinajstić information content (AvgIpc) is 2.58. The second-order valence-electron chi connectivity index (χ2n) is 7.80. The summed E-state index contributed by atoms with van der Waals surface area (Å²) < 4.78 is 0. The number of nitrogens with zero attached hydrogens (tertiary/aromatic N) is 2. The summed E-state index contributed by atoms with van der Waals surface area (Å²) in [6.45, 7) is 5.65. The molecule has 0 heterocycles. The van der Waals surface area contributed by atoms with Crippen LogP contribution in [0.3, 0.4) is 0 Å². The number of rotatable bonds is 0. The summed E-state index contributed by atoms with van der Waals surface area (Å²) in [6, 6.07) is 3.93. The Bertz CT molecular complexity index is 926. The minimum absolute atomic E-state index is 0.0550. The van der Waals surface area contributed by atoms with Crippen molar-refractivity contribution in [3.8, 4) is 24.5 Å². The molecule has 0 amide bonds. The summed E-state index contributed by atoms with van der Waals surface area (Å²) in [4.78, 5) is 25.0. The van der Waals surface area contributed by atoms with Gasteiger partial charge in [0.15, 0.2) is 11.6 Å². The third kappa shape index (κ3) is 2.00. The van der Waals surface area contributed by atoms with E-state index < -0.39 is 16.2 Å². The number of terminal acetylenes is 1. The van der Waals surface area contributed by atoms with E-state index in [2.05, 4.69) is 5.92 Å². The van der Waals surface area contributed by atoms with Gasteiger partial charge in [-0.05, 0) is 36.5 Å². The number of hydrogen-bond acceptors (Lipinski definition) is 4. The lowest BCUT2D eigenvalue weighted by Gasteiger charge is -2.56. The molecule has 0 aromatic heterocycles. The largest absolute Gasteiger partial charge is 0.293 e. The summed E-state index contributed by atoms with van der Waals surface area (Å²) in [5.41, 5.74) is -1.34. The standard InChI is InChI=1S/C21H18N2O2/c1-5-21-7-6-16-19(2,3)18(25)14(12-23)9-20(16,4)17(21)8-15(24)13(10-21)11-22/h1,8-10,16H,6-7H2,2-4H3/t16?,20-,21-/m0/s1. The molecular formula is C21H18N2O2. The molecule has 0 bridgehead atoms. The van der Waals surface area contributed by atoms with Crippen LogP contribution in [0.1, 0.15) is 33.6 Å². The van der Waals surface area contributed by atoms with Gasteiger partial charge < -0.3 is 0 Å². The summed E-state index contributed by atoms with van der Waals surface area (Å²) in [5, 5.41) is 18.6. The van der Waals surface area contributed by atoms with Crippen LogP contribution in [0.4, 0.5) is 0 Å². The van der Waals surface area contributed by atoms with Crippen molar-refractivity contribution < 1.29 is 9.59 Å². The summed E-state index contributed by atoms with van der Waals surface area (Å²) in [7, 11) is 0. The summed E-state index contributed by atoms with van der Waals surface area (Å²) in [5.74, 6) is 2.19. The molecule has 1 unspecified atom stereocenters. The van der Waals surface area contributed by atoms with Gasteiger partial charge in [-0.25, -0.2) is 0 Å². The Morgan fingerprint density at radius 1 is 1.12 bits per heavy atom. The molecule has 0 aromatic carbocycles. The quantitative estimate of drug-likeness (QED) is 0.639. The Labute approximate surface area is 147 Å². The van der Waals surface area contributed by atoms with Crippen molar-refractivity contribution in [3.05, 3.63) is 34.9 Å². The van der Waals surface area contributed by atoms with Gasteiger partial charge >= 0.3 is 0 Å². The fourth-order valence-electron chi connectivity index (χ4n) is 4.96. The highest BCUT2D eigenvalue weighted by Gasteiger charge is 2.59. The van der Waals surface area contributed by atoms with E-state index in [1.165, 1.54) is 6.08 Å². The van der Waals surface area contributed by atoms with Crippen molar-refractivity contribution in [2.75, 3.05) is 0 Å². The molecule has 1 saturated carbocycles. The summed E-state index contributed by atoms with van der Waals surface area (Å²) >= 11 is 0. The maximum absolute atomic E-state index is 12.7. The molecule has 1 fully saturated rings. The Hall–Kier alpha value is -2.90. The molecule has 0 radical (unpaired) electrons. The van der Waals surface area contributed by atoms with Gasteiger partial charge in [0, 0.05) is 10.8 Å². The normalized spacial score (nSPS) is 35.7. The van der Waals surface area contributed by atoms with Crippen molar-refractivity contribution in [3.63, 3.8) is 0 Å². The Kier molecular flexibility index (Phi) is 3.42. The molecule has 3 rings (SSSR count). The predicted octanol–water partition coefficient (Wildman–Crippen LogP) is 3.04. The minimum atomic E-state index is -0.822. The SMILES string of the molecule is C#C[C@]12C=C(C#N)C(=O)C=C1[C@@]1(C)C=C(C#N)C(=O)C(C)(C)C1CC2. The lowest BCUT2D eigenvalue weighted by molar-refractivity contribution is -0.130. The number of nitriles is 2. The second-order valence-corrected chi connectivity index (χ2v) is 7.80. The van der Waals surface area contributed by atoms with E-state index in [1.807, 2.05) is 32.9 Å². The van der Waals surface area contributed by atoms with Gasteiger partial charge in [-0.3, -0.25) is 9.59 Å². The number of carbonyl (C=O) groups excluding carboxylic acids is 2. The van der Waals surface area contributed by atoms with E-state index in [4.69, 9.17) is 6.42 Å². The van der Waals surface area contributed by atoms with E-state index in [0.717, 1.165) is 5.57 Å². The number of ketones is 2. The molecule has 0 N–H and O–H groups in total. The topological polar surface area (TPSA) is 81.7 Å². The molecule has 3 aliphatic rings. The van der Waals surface area contributed by atoms with Crippen molar-refractivity contribution in [1.29, 1.82) is 10.5 Å². The zero-order chi connectivity index (χ0) is 18.6. The lowest BCUT2D eigenvalue weighted by atomic mass is 9.45. The zero-order valence-corrected chi connectivity index (χ0v) is 14.5. The number of carbonyl (C=O) groups is 2. The summed E-state index contributed by atoms with van der Waals surface area (Å²) in [6.07, 6.45) is 11.8. The van der Waals surface area contributed by atoms with Crippen molar-refractivity contribution in [2.24, 2.45) is 22.2 Å². The molecule has 0 aromatic rings. The van der Waals surface area contributed by atoms with E-state index in [1.54, 1.807) is 12.2 Å². The maximum atomic E-state index is 12.7. The first-order valence-corrected chi connectivity index (χ1v) is 8.22. The number of Topliss-reactive ketones (excluding diaryl/α,β-unsaturated/α-hetero) is 1. The van der Waals surface area contributed by atoms with E-state index >= 15 is 0 Å². The molecule has 3 aliphatic carbocycles. The van der Waals surface area contributed by atoms with Crippen LogP contribution in [-0.4, -0.2) is 11.6 Å². The van der Waals surface area contributed by atoms with Gasteiger partial charge in [0.2, 0.25) is 0 Å². The Morgan fingerprint density at radius 2 is 1.76 bits per heavy atom. The van der Waals surface area contributed by atoms with Crippen molar-refractivity contribution in [2.45, 2.75) is 33.6 Å². The molecule has 0 spiro atoms. The fraction of sp³-hybridized carbons (Fsp3) is 0.429. The molecule has 0 saturated heterocycles. The maximum Gasteiger partial charge on any atom is 0.196 e. The molecule has 4 heteroatoms. The minimum Gasteiger partial charge on any atom is -0.293 e.